The monoisotopic (exact) mass is 146 g/mol. The van der Waals surface area contributed by atoms with Crippen molar-refractivity contribution in [3.8, 4) is 0 Å². The summed E-state index contributed by atoms with van der Waals surface area (Å²) < 4.78 is 0. The van der Waals surface area contributed by atoms with Gasteiger partial charge in [-0.2, -0.15) is 0 Å². The summed E-state index contributed by atoms with van der Waals surface area (Å²) in [6.45, 7) is 6.15. The van der Waals surface area contributed by atoms with Crippen LogP contribution in [0.1, 0.15) is 27.2 Å². The number of hydrogen-bond acceptors (Lipinski definition) is 2. The molecular weight excluding hydrogens is 128 g/mol. The van der Waals surface area contributed by atoms with Gasteiger partial charge < -0.3 is 10.2 Å². The summed E-state index contributed by atoms with van der Waals surface area (Å²) in [5.74, 6) is 0.377. The molecule has 1 unspecified atom stereocenters. The normalized spacial score (nSPS) is 15.3. The number of hydrogen-bond donors (Lipinski definition) is 2. The summed E-state index contributed by atoms with van der Waals surface area (Å²) in [5, 5.41) is 17.9. The summed E-state index contributed by atoms with van der Waals surface area (Å²) in [6, 6.07) is 0. The Hall–Kier alpha value is -0.0800. The minimum Gasteiger partial charge on any atom is -0.396 e. The van der Waals surface area contributed by atoms with Crippen molar-refractivity contribution in [1.82, 2.24) is 0 Å². The van der Waals surface area contributed by atoms with E-state index in [2.05, 4.69) is 6.92 Å². The molecule has 0 aliphatic rings. The van der Waals surface area contributed by atoms with Crippen molar-refractivity contribution < 1.29 is 10.2 Å². The molecule has 0 saturated carbocycles. The van der Waals surface area contributed by atoms with Gasteiger partial charge in [0, 0.05) is 5.41 Å². The maximum atomic E-state index is 8.93. The fraction of sp³-hybridized carbons (Fsp3) is 1.00. The van der Waals surface area contributed by atoms with Crippen LogP contribution >= 0.6 is 0 Å². The molecule has 2 N–H and O–H groups in total. The molecule has 0 bridgehead atoms. The largest absolute Gasteiger partial charge is 0.396 e. The molecule has 1 atom stereocenters. The molecule has 0 rings (SSSR count). The smallest absolute Gasteiger partial charge is 0.0509 e. The number of aliphatic hydroxyl groups excluding tert-OH is 2. The first-order chi connectivity index (χ1) is 4.60. The third kappa shape index (κ3) is 1.96. The molecule has 0 aromatic heterocycles. The van der Waals surface area contributed by atoms with E-state index in [0.717, 1.165) is 6.42 Å². The van der Waals surface area contributed by atoms with E-state index in [0.29, 0.717) is 5.92 Å². The fourth-order valence-corrected chi connectivity index (χ4v) is 0.854. The van der Waals surface area contributed by atoms with Gasteiger partial charge in [-0.25, -0.2) is 0 Å². The predicted octanol–water partition coefficient (Wildman–Crippen LogP) is 1.02. The quantitative estimate of drug-likeness (QED) is 0.621. The summed E-state index contributed by atoms with van der Waals surface area (Å²) >= 11 is 0. The number of rotatable bonds is 4. The molecule has 2 nitrogen and oxygen atoms in total. The van der Waals surface area contributed by atoms with E-state index in [9.17, 15) is 0 Å². The summed E-state index contributed by atoms with van der Waals surface area (Å²) in [4.78, 5) is 0. The zero-order valence-electron chi connectivity index (χ0n) is 7.09. The lowest BCUT2D eigenvalue weighted by atomic mass is 9.78. The molecule has 2 heteroatoms. The van der Waals surface area contributed by atoms with E-state index in [4.69, 9.17) is 10.2 Å². The molecule has 62 valence electrons. The van der Waals surface area contributed by atoms with Crippen molar-refractivity contribution in [1.29, 1.82) is 0 Å². The van der Waals surface area contributed by atoms with Gasteiger partial charge in [0.15, 0.2) is 0 Å². The van der Waals surface area contributed by atoms with Gasteiger partial charge in [-0.15, -0.1) is 0 Å². The Balaban J connectivity index is 4.02. The van der Waals surface area contributed by atoms with Crippen LogP contribution in [-0.4, -0.2) is 23.4 Å². The Bertz CT molecular complexity index is 87.3. The first kappa shape index (κ1) is 9.92. The van der Waals surface area contributed by atoms with Crippen LogP contribution in [0, 0.1) is 11.3 Å². The lowest BCUT2D eigenvalue weighted by Crippen LogP contribution is -2.32. The number of aliphatic hydroxyl groups is 2. The van der Waals surface area contributed by atoms with Gasteiger partial charge in [0.1, 0.15) is 0 Å². The van der Waals surface area contributed by atoms with Crippen molar-refractivity contribution >= 4 is 0 Å². The Morgan fingerprint density at radius 3 is 1.80 bits per heavy atom. The second kappa shape index (κ2) is 3.94. The average Bonchev–Trinajstić information content (AvgIpc) is 2.01. The molecule has 0 aromatic rings. The minimum atomic E-state index is -0.297. The van der Waals surface area contributed by atoms with E-state index in [1.807, 2.05) is 13.8 Å². The van der Waals surface area contributed by atoms with Crippen molar-refractivity contribution in [2.45, 2.75) is 27.2 Å². The van der Waals surface area contributed by atoms with E-state index in [-0.39, 0.29) is 18.6 Å². The molecule has 0 aromatic carbocycles. The Morgan fingerprint density at radius 1 is 1.30 bits per heavy atom. The third-order valence-corrected chi connectivity index (χ3v) is 2.52. The fourth-order valence-electron chi connectivity index (χ4n) is 0.854. The molecule has 10 heavy (non-hydrogen) atoms. The Kier molecular flexibility index (Phi) is 3.91. The Labute approximate surface area is 62.9 Å². The lowest BCUT2D eigenvalue weighted by Gasteiger charge is -2.30. The van der Waals surface area contributed by atoms with Gasteiger partial charge in [-0.05, 0) is 5.92 Å². The molecule has 0 spiro atoms. The summed E-state index contributed by atoms with van der Waals surface area (Å²) in [7, 11) is 0. The maximum Gasteiger partial charge on any atom is 0.0509 e. The topological polar surface area (TPSA) is 40.5 Å². The van der Waals surface area contributed by atoms with Gasteiger partial charge >= 0.3 is 0 Å². The molecule has 0 amide bonds. The van der Waals surface area contributed by atoms with Gasteiger partial charge in [0.05, 0.1) is 13.2 Å². The average molecular weight is 146 g/mol. The van der Waals surface area contributed by atoms with Gasteiger partial charge in [-0.3, -0.25) is 0 Å². The van der Waals surface area contributed by atoms with Crippen LogP contribution in [0.25, 0.3) is 0 Å². The van der Waals surface area contributed by atoms with Crippen LogP contribution in [0.3, 0.4) is 0 Å². The van der Waals surface area contributed by atoms with Crippen LogP contribution in [-0.2, 0) is 0 Å². The lowest BCUT2D eigenvalue weighted by molar-refractivity contribution is 0.0243. The molecule has 0 fully saturated rings. The molecule has 0 saturated heterocycles. The maximum absolute atomic E-state index is 8.93. The molecule has 0 aliphatic heterocycles. The summed E-state index contributed by atoms with van der Waals surface area (Å²) in [5.41, 5.74) is -0.297. The second-order valence-corrected chi connectivity index (χ2v) is 3.28. The zero-order valence-corrected chi connectivity index (χ0v) is 7.09. The highest BCUT2D eigenvalue weighted by atomic mass is 16.3. The van der Waals surface area contributed by atoms with Crippen LogP contribution in [0.2, 0.25) is 0 Å². The summed E-state index contributed by atoms with van der Waals surface area (Å²) in [6.07, 6.45) is 0.998. The minimum absolute atomic E-state index is 0.0680. The molecular formula is C8H18O2. The zero-order chi connectivity index (χ0) is 8.20. The van der Waals surface area contributed by atoms with Crippen LogP contribution < -0.4 is 0 Å². The first-order valence-corrected chi connectivity index (χ1v) is 3.82. The second-order valence-electron chi connectivity index (χ2n) is 3.28. The van der Waals surface area contributed by atoms with Gasteiger partial charge in [-0.1, -0.05) is 27.2 Å². The highest BCUT2D eigenvalue weighted by Crippen LogP contribution is 2.27. The van der Waals surface area contributed by atoms with Crippen molar-refractivity contribution in [3.63, 3.8) is 0 Å². The van der Waals surface area contributed by atoms with Crippen molar-refractivity contribution in [2.75, 3.05) is 13.2 Å². The molecule has 0 radical (unpaired) electrons. The van der Waals surface area contributed by atoms with Crippen molar-refractivity contribution in [2.24, 2.45) is 11.3 Å². The van der Waals surface area contributed by atoms with E-state index < -0.39 is 0 Å². The third-order valence-electron chi connectivity index (χ3n) is 2.52. The highest BCUT2D eigenvalue weighted by Gasteiger charge is 2.28. The standard InChI is InChI=1S/C8H18O2/c1-4-7(2)8(3,5-9)6-10/h7,9-10H,4-6H2,1-3H3. The highest BCUT2D eigenvalue weighted by molar-refractivity contribution is 4.77. The first-order valence-electron chi connectivity index (χ1n) is 3.82. The van der Waals surface area contributed by atoms with Crippen LogP contribution in [0.15, 0.2) is 0 Å². The predicted molar refractivity (Wildman–Crippen MR) is 41.7 cm³/mol. The molecule has 0 heterocycles. The van der Waals surface area contributed by atoms with Crippen LogP contribution in [0.5, 0.6) is 0 Å². The van der Waals surface area contributed by atoms with E-state index >= 15 is 0 Å². The van der Waals surface area contributed by atoms with Gasteiger partial charge in [0.2, 0.25) is 0 Å². The molecule has 0 aliphatic carbocycles. The van der Waals surface area contributed by atoms with Crippen LogP contribution in [0.4, 0.5) is 0 Å². The van der Waals surface area contributed by atoms with E-state index in [1.54, 1.807) is 0 Å². The van der Waals surface area contributed by atoms with E-state index in [1.165, 1.54) is 0 Å². The SMILES string of the molecule is CCC(C)C(C)(CO)CO. The Morgan fingerprint density at radius 2 is 1.70 bits per heavy atom. The van der Waals surface area contributed by atoms with Gasteiger partial charge in [0.25, 0.3) is 0 Å². The van der Waals surface area contributed by atoms with Crippen molar-refractivity contribution in [3.05, 3.63) is 0 Å².